The summed E-state index contributed by atoms with van der Waals surface area (Å²) in [6, 6.07) is 8.28. The van der Waals surface area contributed by atoms with Gasteiger partial charge in [-0.2, -0.15) is 5.10 Å². The van der Waals surface area contributed by atoms with Crippen molar-refractivity contribution in [2.24, 2.45) is 0 Å². The summed E-state index contributed by atoms with van der Waals surface area (Å²) in [4.78, 5) is 14.7. The van der Waals surface area contributed by atoms with Gasteiger partial charge in [-0.25, -0.2) is 4.68 Å². The molecule has 2 aromatic rings. The number of hydrogen-bond acceptors (Lipinski definition) is 3. The van der Waals surface area contributed by atoms with Crippen LogP contribution < -0.4 is 5.32 Å². The minimum Gasteiger partial charge on any atom is -0.333 e. The second kappa shape index (κ2) is 5.93. The van der Waals surface area contributed by atoms with Crippen molar-refractivity contribution in [3.05, 3.63) is 47.3 Å². The molecule has 0 saturated carbocycles. The molecule has 0 aliphatic carbocycles. The first-order valence-electron chi connectivity index (χ1n) is 7.72. The number of aryl methyl sites for hydroxylation is 1. The Morgan fingerprint density at radius 1 is 1.32 bits per heavy atom. The molecule has 3 rings (SSSR count). The second-order valence-electron chi connectivity index (χ2n) is 5.89. The number of nitrogens with zero attached hydrogens (tertiary/aromatic N) is 3. The van der Waals surface area contributed by atoms with Crippen LogP contribution in [0.5, 0.6) is 0 Å². The first kappa shape index (κ1) is 14.8. The second-order valence-corrected chi connectivity index (χ2v) is 5.89. The van der Waals surface area contributed by atoms with Gasteiger partial charge in [0, 0.05) is 25.7 Å². The number of amides is 1. The fourth-order valence-electron chi connectivity index (χ4n) is 2.96. The van der Waals surface area contributed by atoms with Gasteiger partial charge in [0.05, 0.1) is 23.1 Å². The van der Waals surface area contributed by atoms with Gasteiger partial charge in [-0.15, -0.1) is 0 Å². The molecule has 2 heterocycles. The molecule has 5 heteroatoms. The standard InChI is InChI=1S/C17H22N4O/c1-12-6-4-5-7-16(12)21-14(3)15(11-19-21)17(22)20-9-8-18-10-13(20)2/h4-7,11,13,18H,8-10H2,1-3H3. The van der Waals surface area contributed by atoms with Gasteiger partial charge in [-0.05, 0) is 32.4 Å². The Kier molecular flexibility index (Phi) is 3.98. The summed E-state index contributed by atoms with van der Waals surface area (Å²) in [5.41, 5.74) is 3.75. The highest BCUT2D eigenvalue weighted by Gasteiger charge is 2.26. The van der Waals surface area contributed by atoms with E-state index < -0.39 is 0 Å². The molecule has 1 aliphatic rings. The van der Waals surface area contributed by atoms with Gasteiger partial charge in [0.25, 0.3) is 5.91 Å². The van der Waals surface area contributed by atoms with E-state index in [4.69, 9.17) is 0 Å². The lowest BCUT2D eigenvalue weighted by Crippen LogP contribution is -2.52. The largest absolute Gasteiger partial charge is 0.333 e. The predicted octanol–water partition coefficient (Wildman–Crippen LogP) is 1.92. The molecule has 0 radical (unpaired) electrons. The Bertz CT molecular complexity index is 692. The number of piperazine rings is 1. The molecule has 22 heavy (non-hydrogen) atoms. The third kappa shape index (κ3) is 2.52. The van der Waals surface area contributed by atoms with Gasteiger partial charge in [-0.3, -0.25) is 4.79 Å². The van der Waals surface area contributed by atoms with Crippen LogP contribution in [-0.4, -0.2) is 46.3 Å². The summed E-state index contributed by atoms with van der Waals surface area (Å²) in [5, 5.41) is 7.75. The van der Waals surface area contributed by atoms with Crippen molar-refractivity contribution in [2.75, 3.05) is 19.6 Å². The normalized spacial score (nSPS) is 18.5. The summed E-state index contributed by atoms with van der Waals surface area (Å²) in [5.74, 6) is 0.0753. The van der Waals surface area contributed by atoms with E-state index in [2.05, 4.69) is 30.3 Å². The highest BCUT2D eigenvalue weighted by molar-refractivity contribution is 5.95. The number of nitrogens with one attached hydrogen (secondary N) is 1. The lowest BCUT2D eigenvalue weighted by atomic mass is 10.1. The van der Waals surface area contributed by atoms with Gasteiger partial charge in [0.2, 0.25) is 0 Å². The van der Waals surface area contributed by atoms with Crippen molar-refractivity contribution >= 4 is 5.91 Å². The molecule has 5 nitrogen and oxygen atoms in total. The van der Waals surface area contributed by atoms with Crippen LogP contribution in [-0.2, 0) is 0 Å². The lowest BCUT2D eigenvalue weighted by Gasteiger charge is -2.33. The molecule has 1 atom stereocenters. The smallest absolute Gasteiger partial charge is 0.257 e. The summed E-state index contributed by atoms with van der Waals surface area (Å²) in [6.07, 6.45) is 1.69. The SMILES string of the molecule is Cc1ccccc1-n1ncc(C(=O)N2CCNCC2C)c1C. The van der Waals surface area contributed by atoms with Crippen LogP contribution in [0.25, 0.3) is 5.69 Å². The molecule has 0 bridgehead atoms. The third-order valence-electron chi connectivity index (χ3n) is 4.35. The summed E-state index contributed by atoms with van der Waals surface area (Å²) < 4.78 is 1.86. The Morgan fingerprint density at radius 3 is 2.82 bits per heavy atom. The fourth-order valence-corrected chi connectivity index (χ4v) is 2.96. The highest BCUT2D eigenvalue weighted by Crippen LogP contribution is 2.19. The van der Waals surface area contributed by atoms with Gasteiger partial charge >= 0.3 is 0 Å². The van der Waals surface area contributed by atoms with Crippen molar-refractivity contribution < 1.29 is 4.79 Å². The van der Waals surface area contributed by atoms with Gasteiger partial charge < -0.3 is 10.2 Å². The number of carbonyl (C=O) groups excluding carboxylic acids is 1. The molecule has 116 valence electrons. The van der Waals surface area contributed by atoms with E-state index >= 15 is 0 Å². The zero-order valence-corrected chi connectivity index (χ0v) is 13.3. The van der Waals surface area contributed by atoms with Crippen LogP contribution >= 0.6 is 0 Å². The van der Waals surface area contributed by atoms with E-state index in [1.807, 2.05) is 34.7 Å². The van der Waals surface area contributed by atoms with Crippen molar-refractivity contribution in [3.8, 4) is 5.69 Å². The van der Waals surface area contributed by atoms with Crippen molar-refractivity contribution in [3.63, 3.8) is 0 Å². The molecule has 1 aromatic carbocycles. The Balaban J connectivity index is 1.94. The molecular formula is C17H22N4O. The van der Waals surface area contributed by atoms with Crippen LogP contribution in [0.3, 0.4) is 0 Å². The number of carbonyl (C=O) groups is 1. The summed E-state index contributed by atoms with van der Waals surface area (Å²) in [7, 11) is 0. The zero-order chi connectivity index (χ0) is 15.7. The van der Waals surface area contributed by atoms with Crippen LogP contribution in [0.15, 0.2) is 30.5 Å². The van der Waals surface area contributed by atoms with Crippen LogP contribution in [0, 0.1) is 13.8 Å². The molecule has 1 N–H and O–H groups in total. The molecule has 1 unspecified atom stereocenters. The monoisotopic (exact) mass is 298 g/mol. The van der Waals surface area contributed by atoms with Gasteiger partial charge in [-0.1, -0.05) is 18.2 Å². The van der Waals surface area contributed by atoms with Crippen LogP contribution in [0.4, 0.5) is 0 Å². The molecule has 1 saturated heterocycles. The van der Waals surface area contributed by atoms with Crippen molar-refractivity contribution in [2.45, 2.75) is 26.8 Å². The number of benzene rings is 1. The Hall–Kier alpha value is -2.14. The number of aromatic nitrogens is 2. The van der Waals surface area contributed by atoms with Crippen LogP contribution in [0.1, 0.15) is 28.5 Å². The molecule has 1 aromatic heterocycles. The lowest BCUT2D eigenvalue weighted by molar-refractivity contribution is 0.0655. The molecule has 1 fully saturated rings. The van der Waals surface area contributed by atoms with E-state index in [0.717, 1.165) is 36.6 Å². The quantitative estimate of drug-likeness (QED) is 0.921. The van der Waals surface area contributed by atoms with E-state index in [9.17, 15) is 4.79 Å². The minimum atomic E-state index is 0.0753. The van der Waals surface area contributed by atoms with Crippen molar-refractivity contribution in [1.82, 2.24) is 20.0 Å². The maximum atomic E-state index is 12.8. The predicted molar refractivity (Wildman–Crippen MR) is 86.4 cm³/mol. The van der Waals surface area contributed by atoms with Crippen LogP contribution in [0.2, 0.25) is 0 Å². The first-order chi connectivity index (χ1) is 10.6. The van der Waals surface area contributed by atoms with Gasteiger partial charge in [0.1, 0.15) is 0 Å². The minimum absolute atomic E-state index is 0.0753. The average Bonchev–Trinajstić information content (AvgIpc) is 2.89. The number of rotatable bonds is 2. The van der Waals surface area contributed by atoms with E-state index in [-0.39, 0.29) is 11.9 Å². The molecule has 1 aliphatic heterocycles. The fraction of sp³-hybridized carbons (Fsp3) is 0.412. The third-order valence-corrected chi connectivity index (χ3v) is 4.35. The van der Waals surface area contributed by atoms with E-state index in [1.54, 1.807) is 6.20 Å². The van der Waals surface area contributed by atoms with Crippen molar-refractivity contribution in [1.29, 1.82) is 0 Å². The number of para-hydroxylation sites is 1. The maximum Gasteiger partial charge on any atom is 0.257 e. The number of hydrogen-bond donors (Lipinski definition) is 1. The Morgan fingerprint density at radius 2 is 2.09 bits per heavy atom. The van der Waals surface area contributed by atoms with E-state index in [1.165, 1.54) is 0 Å². The summed E-state index contributed by atoms with van der Waals surface area (Å²) >= 11 is 0. The first-order valence-corrected chi connectivity index (χ1v) is 7.72. The molecule has 1 amide bonds. The van der Waals surface area contributed by atoms with E-state index in [0.29, 0.717) is 5.56 Å². The topological polar surface area (TPSA) is 50.2 Å². The summed E-state index contributed by atoms with van der Waals surface area (Å²) in [6.45, 7) is 8.52. The average molecular weight is 298 g/mol. The Labute approximate surface area is 130 Å². The highest BCUT2D eigenvalue weighted by atomic mass is 16.2. The molecule has 0 spiro atoms. The van der Waals surface area contributed by atoms with Gasteiger partial charge in [0.15, 0.2) is 0 Å². The maximum absolute atomic E-state index is 12.8. The zero-order valence-electron chi connectivity index (χ0n) is 13.3. The molecular weight excluding hydrogens is 276 g/mol.